The fourth-order valence-electron chi connectivity index (χ4n) is 2.09. The van der Waals surface area contributed by atoms with Gasteiger partial charge in [-0.15, -0.1) is 0 Å². The minimum Gasteiger partial charge on any atom is -0.319 e. The van der Waals surface area contributed by atoms with Gasteiger partial charge in [0.25, 0.3) is 0 Å². The first-order valence-electron chi connectivity index (χ1n) is 6.19. The van der Waals surface area contributed by atoms with Crippen molar-refractivity contribution in [2.24, 2.45) is 0 Å². The summed E-state index contributed by atoms with van der Waals surface area (Å²) in [5.74, 6) is 0.0248. The van der Waals surface area contributed by atoms with Gasteiger partial charge in [0.1, 0.15) is 5.82 Å². The van der Waals surface area contributed by atoms with Crippen LogP contribution in [-0.2, 0) is 6.42 Å². The highest BCUT2D eigenvalue weighted by molar-refractivity contribution is 9.10. The van der Waals surface area contributed by atoms with Crippen LogP contribution >= 0.6 is 15.9 Å². The molecule has 1 unspecified atom stereocenters. The molecule has 1 heterocycles. The van der Waals surface area contributed by atoms with Crippen LogP contribution in [-0.4, -0.2) is 18.6 Å². The fraction of sp³-hybridized carbons (Fsp3) is 0.267. The maximum absolute atomic E-state index is 13.3. The molecule has 0 aliphatic carbocycles. The summed E-state index contributed by atoms with van der Waals surface area (Å²) < 4.78 is 14.3. The van der Waals surface area contributed by atoms with E-state index >= 15 is 0 Å². The molecule has 0 amide bonds. The number of likely N-dealkylation sites (N-methyl/N-ethyl adjacent to an activating group) is 1. The van der Waals surface area contributed by atoms with E-state index in [1.165, 1.54) is 6.07 Å². The van der Waals surface area contributed by atoms with E-state index in [9.17, 15) is 4.39 Å². The van der Waals surface area contributed by atoms with Crippen molar-refractivity contribution in [3.63, 3.8) is 0 Å². The van der Waals surface area contributed by atoms with Crippen molar-refractivity contribution in [2.75, 3.05) is 13.6 Å². The Bertz CT molecular complexity index is 528. The zero-order valence-corrected chi connectivity index (χ0v) is 12.3. The van der Waals surface area contributed by atoms with E-state index in [0.29, 0.717) is 0 Å². The third-order valence-electron chi connectivity index (χ3n) is 3.01. The van der Waals surface area contributed by atoms with Crippen molar-refractivity contribution in [2.45, 2.75) is 12.3 Å². The Labute approximate surface area is 121 Å². The van der Waals surface area contributed by atoms with Crippen LogP contribution in [0, 0.1) is 5.82 Å². The van der Waals surface area contributed by atoms with Gasteiger partial charge in [-0.3, -0.25) is 4.98 Å². The predicted molar refractivity (Wildman–Crippen MR) is 78.7 cm³/mol. The lowest BCUT2D eigenvalue weighted by Crippen LogP contribution is -2.19. The minimum absolute atomic E-state index is 0.192. The Morgan fingerprint density at radius 3 is 2.79 bits per heavy atom. The SMILES string of the molecule is CNCC(Cc1ccc(Br)cn1)c1cccc(F)c1. The molecule has 0 aliphatic heterocycles. The maximum atomic E-state index is 13.3. The summed E-state index contributed by atoms with van der Waals surface area (Å²) in [4.78, 5) is 4.38. The van der Waals surface area contributed by atoms with E-state index in [4.69, 9.17) is 0 Å². The Kier molecular flexibility index (Phi) is 5.05. The van der Waals surface area contributed by atoms with Gasteiger partial charge in [0, 0.05) is 28.8 Å². The summed E-state index contributed by atoms with van der Waals surface area (Å²) in [6.45, 7) is 0.793. The van der Waals surface area contributed by atoms with Crippen LogP contribution in [0.2, 0.25) is 0 Å². The van der Waals surface area contributed by atoms with E-state index in [1.807, 2.05) is 25.2 Å². The molecule has 0 aliphatic rings. The molecule has 4 heteroatoms. The van der Waals surface area contributed by atoms with Crippen molar-refractivity contribution < 1.29 is 4.39 Å². The molecule has 1 atom stereocenters. The van der Waals surface area contributed by atoms with Gasteiger partial charge in [0.2, 0.25) is 0 Å². The summed E-state index contributed by atoms with van der Waals surface area (Å²) in [5.41, 5.74) is 2.01. The number of benzene rings is 1. The largest absolute Gasteiger partial charge is 0.319 e. The normalized spacial score (nSPS) is 12.4. The highest BCUT2D eigenvalue weighted by Gasteiger charge is 2.13. The zero-order valence-electron chi connectivity index (χ0n) is 10.7. The van der Waals surface area contributed by atoms with Gasteiger partial charge in [-0.2, -0.15) is 0 Å². The van der Waals surface area contributed by atoms with Gasteiger partial charge in [0.05, 0.1) is 0 Å². The number of aromatic nitrogens is 1. The first-order valence-corrected chi connectivity index (χ1v) is 6.99. The number of halogens is 2. The number of nitrogens with one attached hydrogen (secondary N) is 1. The van der Waals surface area contributed by atoms with Crippen LogP contribution in [0.15, 0.2) is 47.1 Å². The number of rotatable bonds is 5. The molecule has 100 valence electrons. The average molecular weight is 323 g/mol. The minimum atomic E-state index is -0.192. The molecule has 1 aromatic carbocycles. The molecule has 0 fully saturated rings. The van der Waals surface area contributed by atoms with Gasteiger partial charge < -0.3 is 5.32 Å². The molecule has 1 N–H and O–H groups in total. The first-order chi connectivity index (χ1) is 9.19. The molecule has 0 bridgehead atoms. The number of hydrogen-bond donors (Lipinski definition) is 1. The van der Waals surface area contributed by atoms with Gasteiger partial charge in [0.15, 0.2) is 0 Å². The Morgan fingerprint density at radius 1 is 1.32 bits per heavy atom. The molecule has 0 saturated carbocycles. The number of hydrogen-bond acceptors (Lipinski definition) is 2. The Balaban J connectivity index is 2.18. The van der Waals surface area contributed by atoms with E-state index in [2.05, 4.69) is 26.2 Å². The summed E-state index contributed by atoms with van der Waals surface area (Å²) in [6, 6.07) is 10.8. The molecule has 2 rings (SSSR count). The van der Waals surface area contributed by atoms with E-state index in [1.54, 1.807) is 18.3 Å². The molecule has 2 nitrogen and oxygen atoms in total. The summed E-state index contributed by atoms with van der Waals surface area (Å²) in [5, 5.41) is 3.16. The van der Waals surface area contributed by atoms with E-state index in [0.717, 1.165) is 28.7 Å². The number of nitrogens with zero attached hydrogens (tertiary/aromatic N) is 1. The van der Waals surface area contributed by atoms with E-state index in [-0.39, 0.29) is 11.7 Å². The average Bonchev–Trinajstić information content (AvgIpc) is 2.41. The van der Waals surface area contributed by atoms with Crippen molar-refractivity contribution in [3.8, 4) is 0 Å². The lowest BCUT2D eigenvalue weighted by atomic mass is 9.94. The summed E-state index contributed by atoms with van der Waals surface area (Å²) in [6.07, 6.45) is 2.58. The molecule has 0 saturated heterocycles. The molecular formula is C15H16BrFN2. The van der Waals surface area contributed by atoms with Crippen molar-refractivity contribution >= 4 is 15.9 Å². The van der Waals surface area contributed by atoms with Gasteiger partial charge in [-0.25, -0.2) is 4.39 Å². The monoisotopic (exact) mass is 322 g/mol. The summed E-state index contributed by atoms with van der Waals surface area (Å²) in [7, 11) is 1.90. The second kappa shape index (κ2) is 6.78. The molecule has 1 aromatic heterocycles. The van der Waals surface area contributed by atoms with Gasteiger partial charge >= 0.3 is 0 Å². The third-order valence-corrected chi connectivity index (χ3v) is 3.48. The second-order valence-corrected chi connectivity index (χ2v) is 5.40. The lowest BCUT2D eigenvalue weighted by Gasteiger charge is -2.16. The van der Waals surface area contributed by atoms with Crippen LogP contribution in [0.1, 0.15) is 17.2 Å². The molecular weight excluding hydrogens is 307 g/mol. The predicted octanol–water partition coefficient (Wildman–Crippen LogP) is 3.53. The van der Waals surface area contributed by atoms with Crippen LogP contribution in [0.5, 0.6) is 0 Å². The summed E-state index contributed by atoms with van der Waals surface area (Å²) >= 11 is 3.37. The quantitative estimate of drug-likeness (QED) is 0.910. The number of pyridine rings is 1. The highest BCUT2D eigenvalue weighted by Crippen LogP contribution is 2.21. The molecule has 0 radical (unpaired) electrons. The van der Waals surface area contributed by atoms with E-state index < -0.39 is 0 Å². The zero-order chi connectivity index (χ0) is 13.7. The Hall–Kier alpha value is -1.26. The van der Waals surface area contributed by atoms with Crippen LogP contribution < -0.4 is 5.32 Å². The van der Waals surface area contributed by atoms with Crippen LogP contribution in [0.3, 0.4) is 0 Å². The van der Waals surface area contributed by atoms with Gasteiger partial charge in [-0.1, -0.05) is 12.1 Å². The second-order valence-electron chi connectivity index (χ2n) is 4.48. The van der Waals surface area contributed by atoms with Crippen molar-refractivity contribution in [3.05, 3.63) is 64.1 Å². The smallest absolute Gasteiger partial charge is 0.123 e. The topological polar surface area (TPSA) is 24.9 Å². The Morgan fingerprint density at radius 2 is 2.16 bits per heavy atom. The van der Waals surface area contributed by atoms with Crippen molar-refractivity contribution in [1.82, 2.24) is 10.3 Å². The molecule has 0 spiro atoms. The third kappa shape index (κ3) is 4.11. The fourth-order valence-corrected chi connectivity index (χ4v) is 2.33. The van der Waals surface area contributed by atoms with Crippen LogP contribution in [0.4, 0.5) is 4.39 Å². The molecule has 2 aromatic rings. The lowest BCUT2D eigenvalue weighted by molar-refractivity contribution is 0.597. The first kappa shape index (κ1) is 14.2. The standard InChI is InChI=1S/C15H16BrFN2/c1-18-9-12(11-3-2-4-14(17)7-11)8-15-6-5-13(16)10-19-15/h2-7,10,12,18H,8-9H2,1H3. The van der Waals surface area contributed by atoms with Crippen molar-refractivity contribution in [1.29, 1.82) is 0 Å². The van der Waals surface area contributed by atoms with Gasteiger partial charge in [-0.05, 0) is 59.2 Å². The highest BCUT2D eigenvalue weighted by atomic mass is 79.9. The van der Waals surface area contributed by atoms with Crippen LogP contribution in [0.25, 0.3) is 0 Å². The molecule has 19 heavy (non-hydrogen) atoms. The maximum Gasteiger partial charge on any atom is 0.123 e.